The molecule has 0 saturated heterocycles. The largest absolute Gasteiger partial charge is 0.481 e. The Morgan fingerprint density at radius 3 is 2.17 bits per heavy atom. The molecule has 0 fully saturated rings. The van der Waals surface area contributed by atoms with Crippen LogP contribution in [0.15, 0.2) is 30.5 Å². The van der Waals surface area contributed by atoms with Gasteiger partial charge in [-0.3, -0.25) is 19.2 Å². The highest BCUT2D eigenvalue weighted by Gasteiger charge is 2.30. The second-order valence-electron chi connectivity index (χ2n) is 7.99. The smallest absolute Gasteiger partial charge is 0.326 e. The number of carbonyl (C=O) groups is 5. The summed E-state index contributed by atoms with van der Waals surface area (Å²) < 4.78 is 0. The highest BCUT2D eigenvalue weighted by atomic mass is 32.1. The molecule has 36 heavy (non-hydrogen) atoms. The number of carboxylic acid groups (broad SMARTS) is 2. The van der Waals surface area contributed by atoms with E-state index >= 15 is 0 Å². The maximum absolute atomic E-state index is 13.1. The molecule has 3 amide bonds. The van der Waals surface area contributed by atoms with Crippen molar-refractivity contribution >= 4 is 53.2 Å². The number of fused-ring (bicyclic) bond motifs is 1. The fourth-order valence-electron chi connectivity index (χ4n) is 3.36. The number of rotatable bonds is 14. The van der Waals surface area contributed by atoms with Crippen LogP contribution in [0.3, 0.4) is 0 Å². The Kier molecular flexibility index (Phi) is 10.7. The summed E-state index contributed by atoms with van der Waals surface area (Å²) in [6.45, 7) is -0.651. The van der Waals surface area contributed by atoms with Crippen molar-refractivity contribution in [1.29, 1.82) is 0 Å². The summed E-state index contributed by atoms with van der Waals surface area (Å²) in [6, 6.07) is 2.03. The number of aliphatic carboxylic acids is 2. The van der Waals surface area contributed by atoms with Crippen LogP contribution >= 0.6 is 12.6 Å². The average molecular weight is 524 g/mol. The van der Waals surface area contributed by atoms with E-state index in [9.17, 15) is 34.2 Å². The van der Waals surface area contributed by atoms with Crippen LogP contribution in [-0.2, 0) is 30.4 Å². The van der Waals surface area contributed by atoms with E-state index in [2.05, 4.69) is 33.6 Å². The zero-order valence-electron chi connectivity index (χ0n) is 19.1. The minimum absolute atomic E-state index is 0.0109. The molecule has 0 radical (unpaired) electrons. The van der Waals surface area contributed by atoms with Crippen LogP contribution in [0.5, 0.6) is 0 Å². The molecule has 0 bridgehead atoms. The number of para-hydroxylation sites is 1. The SMILES string of the molecule is NC(CO)C(=O)NC(Cc1c[nH]c2ccccc12)C(=O)NC(CS)C(=O)NC(CCC(=O)O)C(=O)O. The Balaban J connectivity index is 2.19. The van der Waals surface area contributed by atoms with E-state index in [0.29, 0.717) is 5.56 Å². The highest BCUT2D eigenvalue weighted by Crippen LogP contribution is 2.19. The van der Waals surface area contributed by atoms with Crippen molar-refractivity contribution in [3.05, 3.63) is 36.0 Å². The van der Waals surface area contributed by atoms with Crippen LogP contribution in [0.4, 0.5) is 0 Å². The van der Waals surface area contributed by atoms with Gasteiger partial charge in [0.25, 0.3) is 0 Å². The molecule has 1 heterocycles. The Bertz CT molecular complexity index is 1110. The molecule has 0 spiro atoms. The highest BCUT2D eigenvalue weighted by molar-refractivity contribution is 7.80. The fourth-order valence-corrected chi connectivity index (χ4v) is 3.61. The van der Waals surface area contributed by atoms with Gasteiger partial charge in [0.1, 0.15) is 24.2 Å². The minimum Gasteiger partial charge on any atom is -0.481 e. The molecule has 4 atom stereocenters. The number of hydrogen-bond donors (Lipinski definition) is 9. The van der Waals surface area contributed by atoms with Gasteiger partial charge in [-0.1, -0.05) is 18.2 Å². The van der Waals surface area contributed by atoms with E-state index < -0.39 is 66.9 Å². The quantitative estimate of drug-likeness (QED) is 0.129. The lowest BCUT2D eigenvalue weighted by Crippen LogP contribution is -2.58. The van der Waals surface area contributed by atoms with E-state index in [-0.39, 0.29) is 18.6 Å². The maximum Gasteiger partial charge on any atom is 0.326 e. The Morgan fingerprint density at radius 1 is 0.944 bits per heavy atom. The van der Waals surface area contributed by atoms with Crippen molar-refractivity contribution in [2.45, 2.75) is 43.4 Å². The van der Waals surface area contributed by atoms with Crippen LogP contribution < -0.4 is 21.7 Å². The van der Waals surface area contributed by atoms with Crippen LogP contribution in [0.1, 0.15) is 18.4 Å². The predicted molar refractivity (Wildman–Crippen MR) is 131 cm³/mol. The summed E-state index contributed by atoms with van der Waals surface area (Å²) in [6.07, 6.45) is 0.837. The molecule has 0 aliphatic rings. The lowest BCUT2D eigenvalue weighted by atomic mass is 10.0. The first-order valence-corrected chi connectivity index (χ1v) is 11.6. The summed E-state index contributed by atoms with van der Waals surface area (Å²) in [4.78, 5) is 63.3. The molecule has 1 aromatic carbocycles. The van der Waals surface area contributed by atoms with E-state index in [0.717, 1.165) is 10.9 Å². The van der Waals surface area contributed by atoms with Crippen LogP contribution in [-0.4, -0.2) is 86.5 Å². The standard InChI is InChI=1S/C22H29N5O8S/c23-13(9-28)19(31)26-16(7-11-8-24-14-4-2-1-3-12(11)14)20(32)27-17(10-36)21(33)25-15(22(34)35)5-6-18(29)30/h1-4,8,13,15-17,24,28,36H,5-7,9-10,23H2,(H,25,33)(H,26,31)(H,27,32)(H,29,30)(H,34,35). The number of nitrogens with one attached hydrogen (secondary N) is 4. The topological polar surface area (TPSA) is 224 Å². The van der Waals surface area contributed by atoms with Gasteiger partial charge in [0.15, 0.2) is 0 Å². The summed E-state index contributed by atoms with van der Waals surface area (Å²) in [5, 5.41) is 35.1. The molecule has 4 unspecified atom stereocenters. The zero-order valence-corrected chi connectivity index (χ0v) is 20.0. The number of carbonyl (C=O) groups excluding carboxylic acids is 3. The van der Waals surface area contributed by atoms with E-state index in [1.165, 1.54) is 0 Å². The molecule has 2 aromatic rings. The monoisotopic (exact) mass is 523 g/mol. The Hall–Kier alpha value is -3.62. The van der Waals surface area contributed by atoms with Gasteiger partial charge in [0.2, 0.25) is 17.7 Å². The van der Waals surface area contributed by atoms with Crippen molar-refractivity contribution in [3.63, 3.8) is 0 Å². The van der Waals surface area contributed by atoms with Gasteiger partial charge in [-0.05, 0) is 18.1 Å². The molecule has 1 aromatic heterocycles. The van der Waals surface area contributed by atoms with Gasteiger partial charge in [-0.15, -0.1) is 0 Å². The molecule has 0 aliphatic heterocycles. The summed E-state index contributed by atoms with van der Waals surface area (Å²) >= 11 is 4.05. The van der Waals surface area contributed by atoms with Crippen molar-refractivity contribution in [1.82, 2.24) is 20.9 Å². The minimum atomic E-state index is -1.49. The lowest BCUT2D eigenvalue weighted by molar-refractivity contribution is -0.143. The number of hydrogen-bond acceptors (Lipinski definition) is 8. The van der Waals surface area contributed by atoms with E-state index in [1.807, 2.05) is 18.2 Å². The zero-order chi connectivity index (χ0) is 26.8. The van der Waals surface area contributed by atoms with Gasteiger partial charge in [-0.25, -0.2) is 4.79 Å². The van der Waals surface area contributed by atoms with Crippen LogP contribution in [0, 0.1) is 0 Å². The second kappa shape index (κ2) is 13.5. The fraction of sp³-hybridized carbons (Fsp3) is 0.409. The third-order valence-corrected chi connectivity index (χ3v) is 5.71. The average Bonchev–Trinajstić information content (AvgIpc) is 3.26. The molecular formula is C22H29N5O8S. The number of thiol groups is 1. The summed E-state index contributed by atoms with van der Waals surface area (Å²) in [5.41, 5.74) is 7.06. The van der Waals surface area contributed by atoms with Crippen molar-refractivity contribution in [2.75, 3.05) is 12.4 Å². The molecule has 0 aliphatic carbocycles. The lowest BCUT2D eigenvalue weighted by Gasteiger charge is -2.24. The van der Waals surface area contributed by atoms with Crippen LogP contribution in [0.25, 0.3) is 10.9 Å². The number of H-pyrrole nitrogens is 1. The third-order valence-electron chi connectivity index (χ3n) is 5.34. The number of aromatic amines is 1. The Labute approximate surface area is 211 Å². The number of aliphatic hydroxyl groups is 1. The number of aromatic nitrogens is 1. The summed E-state index contributed by atoms with van der Waals surface area (Å²) in [5.74, 6) is -5.33. The van der Waals surface area contributed by atoms with Crippen molar-refractivity contribution in [3.8, 4) is 0 Å². The first-order valence-electron chi connectivity index (χ1n) is 10.9. The van der Waals surface area contributed by atoms with Crippen LogP contribution in [0.2, 0.25) is 0 Å². The number of amides is 3. The first-order chi connectivity index (χ1) is 17.1. The third kappa shape index (κ3) is 7.96. The molecule has 2 rings (SSSR count). The van der Waals surface area contributed by atoms with Crippen molar-refractivity contribution < 1.29 is 39.3 Å². The van der Waals surface area contributed by atoms with Gasteiger partial charge in [0, 0.05) is 35.7 Å². The second-order valence-corrected chi connectivity index (χ2v) is 8.35. The number of benzene rings is 1. The molecule has 196 valence electrons. The molecule has 0 saturated carbocycles. The molecule has 13 nitrogen and oxygen atoms in total. The van der Waals surface area contributed by atoms with E-state index in [1.54, 1.807) is 12.3 Å². The van der Waals surface area contributed by atoms with E-state index in [4.69, 9.17) is 10.8 Å². The maximum atomic E-state index is 13.1. The predicted octanol–water partition coefficient (Wildman–Crippen LogP) is -1.64. The number of carboxylic acids is 2. The number of aliphatic hydroxyl groups excluding tert-OH is 1. The summed E-state index contributed by atoms with van der Waals surface area (Å²) in [7, 11) is 0. The first kappa shape index (κ1) is 28.6. The Morgan fingerprint density at radius 2 is 1.56 bits per heavy atom. The van der Waals surface area contributed by atoms with Gasteiger partial charge < -0.3 is 42.0 Å². The van der Waals surface area contributed by atoms with Crippen molar-refractivity contribution in [2.24, 2.45) is 5.73 Å². The number of nitrogens with two attached hydrogens (primary N) is 1. The normalized spacial score (nSPS) is 14.3. The molecule has 9 N–H and O–H groups in total. The van der Waals surface area contributed by atoms with Gasteiger partial charge in [0.05, 0.1) is 6.61 Å². The van der Waals surface area contributed by atoms with Gasteiger partial charge in [-0.2, -0.15) is 12.6 Å². The van der Waals surface area contributed by atoms with Gasteiger partial charge >= 0.3 is 11.9 Å². The molecule has 14 heteroatoms. The molecular weight excluding hydrogens is 494 g/mol.